The first-order valence-electron chi connectivity index (χ1n) is 12.3. The summed E-state index contributed by atoms with van der Waals surface area (Å²) in [4.78, 5) is 21.8. The van der Waals surface area contributed by atoms with Gasteiger partial charge in [-0.05, 0) is 53.9 Å². The molecule has 0 radical (unpaired) electrons. The van der Waals surface area contributed by atoms with E-state index in [1.54, 1.807) is 48.7 Å². The number of pyridine rings is 1. The van der Waals surface area contributed by atoms with Crippen LogP contribution in [0.2, 0.25) is 10.0 Å². The summed E-state index contributed by atoms with van der Waals surface area (Å²) in [6.45, 7) is 5.16. The summed E-state index contributed by atoms with van der Waals surface area (Å²) in [5.74, 6) is -0.213. The van der Waals surface area contributed by atoms with Crippen LogP contribution in [0.3, 0.4) is 0 Å². The number of piperazine rings is 1. The maximum absolute atomic E-state index is 13.3. The number of nitrogens with zero attached hydrogens (tertiary/aromatic N) is 3. The van der Waals surface area contributed by atoms with Crippen molar-refractivity contribution in [3.8, 4) is 0 Å². The topological polar surface area (TPSA) is 70.6 Å². The highest BCUT2D eigenvalue weighted by Gasteiger charge is 2.24. The van der Waals surface area contributed by atoms with Gasteiger partial charge in [-0.2, -0.15) is 0 Å². The molecule has 0 N–H and O–H groups in total. The first kappa shape index (κ1) is 26.6. The van der Waals surface area contributed by atoms with Crippen molar-refractivity contribution < 1.29 is 13.2 Å². The number of halogens is 2. The number of para-hydroxylation sites is 1. The lowest BCUT2D eigenvalue weighted by Crippen LogP contribution is -2.48. The number of amides is 1. The van der Waals surface area contributed by atoms with Crippen LogP contribution in [0.15, 0.2) is 77.8 Å². The zero-order chi connectivity index (χ0) is 26.9. The van der Waals surface area contributed by atoms with Crippen molar-refractivity contribution in [3.63, 3.8) is 0 Å². The minimum atomic E-state index is -3.63. The second-order valence-electron chi connectivity index (χ2n) is 9.51. The molecular formula is C29H27Cl2N3O3S. The second-order valence-corrected chi connectivity index (χ2v) is 12.3. The largest absolute Gasteiger partial charge is 0.336 e. The lowest BCUT2D eigenvalue weighted by molar-refractivity contribution is 0.0628. The normalized spacial score (nSPS) is 14.7. The average Bonchev–Trinajstić information content (AvgIpc) is 2.92. The highest BCUT2D eigenvalue weighted by atomic mass is 35.5. The molecule has 3 aromatic carbocycles. The van der Waals surface area contributed by atoms with Gasteiger partial charge in [-0.1, -0.05) is 59.6 Å². The Hall–Kier alpha value is -2.97. The van der Waals surface area contributed by atoms with Gasteiger partial charge in [0.25, 0.3) is 5.91 Å². The van der Waals surface area contributed by atoms with E-state index in [1.807, 2.05) is 36.1 Å². The predicted molar refractivity (Wildman–Crippen MR) is 151 cm³/mol. The average molecular weight is 569 g/mol. The monoisotopic (exact) mass is 567 g/mol. The molecule has 5 rings (SSSR count). The molecule has 6 nitrogen and oxygen atoms in total. The molecule has 1 fully saturated rings. The summed E-state index contributed by atoms with van der Waals surface area (Å²) >= 11 is 12.5. The van der Waals surface area contributed by atoms with Crippen LogP contribution >= 0.6 is 23.2 Å². The number of carbonyl (C=O) groups excluding carboxylic acids is 1. The first-order chi connectivity index (χ1) is 18.2. The van der Waals surface area contributed by atoms with Crippen LogP contribution in [-0.2, 0) is 22.1 Å². The molecule has 4 aromatic rings. The molecule has 1 aliphatic rings. The number of aryl methyl sites for hydroxylation is 1. The highest BCUT2D eigenvalue weighted by molar-refractivity contribution is 7.90. The molecule has 0 saturated carbocycles. The number of fused-ring (bicyclic) bond motifs is 1. The molecule has 1 aromatic heterocycles. The van der Waals surface area contributed by atoms with Crippen molar-refractivity contribution in [2.75, 3.05) is 26.2 Å². The fourth-order valence-electron chi connectivity index (χ4n) is 4.80. The van der Waals surface area contributed by atoms with Gasteiger partial charge in [-0.25, -0.2) is 8.42 Å². The van der Waals surface area contributed by atoms with Gasteiger partial charge in [0.1, 0.15) is 0 Å². The van der Waals surface area contributed by atoms with E-state index >= 15 is 0 Å². The molecular weight excluding hydrogens is 541 g/mol. The van der Waals surface area contributed by atoms with Gasteiger partial charge in [0.2, 0.25) is 0 Å². The van der Waals surface area contributed by atoms with E-state index in [-0.39, 0.29) is 16.6 Å². The van der Waals surface area contributed by atoms with Gasteiger partial charge in [0, 0.05) is 49.9 Å². The van der Waals surface area contributed by atoms with E-state index in [2.05, 4.69) is 9.88 Å². The van der Waals surface area contributed by atoms with Crippen LogP contribution in [0, 0.1) is 6.92 Å². The maximum atomic E-state index is 13.3. The Labute approximate surface area is 232 Å². The van der Waals surface area contributed by atoms with Crippen molar-refractivity contribution in [3.05, 3.63) is 105 Å². The van der Waals surface area contributed by atoms with Gasteiger partial charge in [0.05, 0.1) is 26.2 Å². The molecule has 0 unspecified atom stereocenters. The fourth-order valence-corrected chi connectivity index (χ4v) is 6.82. The standard InChI is InChI=1S/C29H27Cl2N3O3S/c1-20-17-22(29(35)34-15-13-33(14-16-34)18-23-6-2-8-25(30)27(23)31)10-11-24(20)19-38(36,37)26-9-3-5-21-7-4-12-32-28(21)26/h2-12,17H,13-16,18-19H2,1H3. The van der Waals surface area contributed by atoms with E-state index in [9.17, 15) is 13.2 Å². The van der Waals surface area contributed by atoms with E-state index in [4.69, 9.17) is 23.2 Å². The Kier molecular flexibility index (Phi) is 7.73. The third-order valence-electron chi connectivity index (χ3n) is 6.95. The molecule has 1 amide bonds. The van der Waals surface area contributed by atoms with Crippen molar-refractivity contribution in [1.29, 1.82) is 0 Å². The van der Waals surface area contributed by atoms with Crippen LogP contribution in [0.4, 0.5) is 0 Å². The van der Waals surface area contributed by atoms with Crippen molar-refractivity contribution in [2.24, 2.45) is 0 Å². The molecule has 2 heterocycles. The van der Waals surface area contributed by atoms with E-state index in [1.165, 1.54) is 0 Å². The van der Waals surface area contributed by atoms with Gasteiger partial charge in [-0.3, -0.25) is 14.7 Å². The number of hydrogen-bond acceptors (Lipinski definition) is 5. The van der Waals surface area contributed by atoms with E-state index in [0.29, 0.717) is 46.3 Å². The Morgan fingerprint density at radius 1 is 0.921 bits per heavy atom. The SMILES string of the molecule is Cc1cc(C(=O)N2CCN(Cc3cccc(Cl)c3Cl)CC2)ccc1CS(=O)(=O)c1cccc2cccnc12. The Bertz CT molecular complexity index is 1610. The van der Waals surface area contributed by atoms with Crippen molar-refractivity contribution >= 4 is 49.8 Å². The van der Waals surface area contributed by atoms with Crippen LogP contribution in [0.5, 0.6) is 0 Å². The second kappa shape index (κ2) is 11.0. The summed E-state index contributed by atoms with van der Waals surface area (Å²) in [5, 5.41) is 1.89. The third-order valence-corrected chi connectivity index (χ3v) is 9.50. The van der Waals surface area contributed by atoms with Crippen LogP contribution in [-0.4, -0.2) is 55.3 Å². The molecule has 0 atom stereocenters. The number of aromatic nitrogens is 1. The zero-order valence-electron chi connectivity index (χ0n) is 20.9. The summed E-state index contributed by atoms with van der Waals surface area (Å²) < 4.78 is 26.6. The third kappa shape index (κ3) is 5.57. The first-order valence-corrected chi connectivity index (χ1v) is 14.7. The molecule has 9 heteroatoms. The molecule has 38 heavy (non-hydrogen) atoms. The summed E-state index contributed by atoms with van der Waals surface area (Å²) in [5.41, 5.74) is 3.43. The predicted octanol–water partition coefficient (Wildman–Crippen LogP) is 5.78. The van der Waals surface area contributed by atoms with Gasteiger partial charge < -0.3 is 4.90 Å². The van der Waals surface area contributed by atoms with Crippen LogP contribution < -0.4 is 0 Å². The number of benzene rings is 3. The minimum absolute atomic E-state index is 0.0544. The minimum Gasteiger partial charge on any atom is -0.336 e. The quantitative estimate of drug-likeness (QED) is 0.295. The molecule has 0 aliphatic carbocycles. The summed E-state index contributed by atoms with van der Waals surface area (Å²) in [6.07, 6.45) is 1.60. The van der Waals surface area contributed by atoms with Gasteiger partial charge in [-0.15, -0.1) is 0 Å². The number of rotatable bonds is 6. The van der Waals surface area contributed by atoms with Crippen molar-refractivity contribution in [1.82, 2.24) is 14.8 Å². The molecule has 0 bridgehead atoms. The van der Waals surface area contributed by atoms with E-state index in [0.717, 1.165) is 29.6 Å². The zero-order valence-corrected chi connectivity index (χ0v) is 23.2. The lowest BCUT2D eigenvalue weighted by Gasteiger charge is -2.35. The maximum Gasteiger partial charge on any atom is 0.253 e. The lowest BCUT2D eigenvalue weighted by atomic mass is 10.1. The Balaban J connectivity index is 1.25. The summed E-state index contributed by atoms with van der Waals surface area (Å²) in [6, 6.07) is 19.7. The number of hydrogen-bond donors (Lipinski definition) is 0. The molecule has 196 valence electrons. The Morgan fingerprint density at radius 3 is 2.42 bits per heavy atom. The highest BCUT2D eigenvalue weighted by Crippen LogP contribution is 2.28. The fraction of sp³-hybridized carbons (Fsp3) is 0.241. The van der Waals surface area contributed by atoms with Crippen molar-refractivity contribution in [2.45, 2.75) is 24.1 Å². The Morgan fingerprint density at radius 2 is 1.66 bits per heavy atom. The van der Waals surface area contributed by atoms with Crippen LogP contribution in [0.25, 0.3) is 10.9 Å². The molecule has 1 aliphatic heterocycles. The van der Waals surface area contributed by atoms with E-state index < -0.39 is 9.84 Å². The van der Waals surface area contributed by atoms with Gasteiger partial charge >= 0.3 is 0 Å². The summed E-state index contributed by atoms with van der Waals surface area (Å²) in [7, 11) is -3.63. The molecule has 1 saturated heterocycles. The molecule has 0 spiro atoms. The van der Waals surface area contributed by atoms with Gasteiger partial charge in [0.15, 0.2) is 9.84 Å². The smallest absolute Gasteiger partial charge is 0.253 e. The number of sulfone groups is 1. The number of carbonyl (C=O) groups is 1. The van der Waals surface area contributed by atoms with Crippen LogP contribution in [0.1, 0.15) is 27.0 Å².